The van der Waals surface area contributed by atoms with Gasteiger partial charge in [0.2, 0.25) is 0 Å². The lowest BCUT2D eigenvalue weighted by Crippen LogP contribution is -2.27. The van der Waals surface area contributed by atoms with Crippen molar-refractivity contribution in [1.29, 1.82) is 0 Å². The van der Waals surface area contributed by atoms with Crippen LogP contribution in [0, 0.1) is 0 Å². The number of ketones is 1. The Bertz CT molecular complexity index is 473. The number of H-pyrrole nitrogens is 1. The number of nitrogens with one attached hydrogen (secondary N) is 1. The van der Waals surface area contributed by atoms with E-state index in [2.05, 4.69) is 10.2 Å². The third-order valence-corrected chi connectivity index (χ3v) is 2.12. The summed E-state index contributed by atoms with van der Waals surface area (Å²) in [5, 5.41) is 7.59. The van der Waals surface area contributed by atoms with Gasteiger partial charge in [-0.2, -0.15) is 5.10 Å². The van der Waals surface area contributed by atoms with E-state index in [0.717, 1.165) is 10.9 Å². The van der Waals surface area contributed by atoms with Gasteiger partial charge in [0.05, 0.1) is 11.6 Å². The number of carbonyl (C=O) groups is 1. The lowest BCUT2D eigenvalue weighted by Gasteiger charge is -1.99. The van der Waals surface area contributed by atoms with Gasteiger partial charge in [-0.25, -0.2) is 0 Å². The first-order valence-corrected chi connectivity index (χ1v) is 4.43. The van der Waals surface area contributed by atoms with Crippen LogP contribution >= 0.6 is 0 Å². The van der Waals surface area contributed by atoms with E-state index in [9.17, 15) is 4.79 Å². The fraction of sp³-hybridized carbons (Fsp3) is 0.200. The second kappa shape index (κ2) is 3.23. The van der Waals surface area contributed by atoms with Gasteiger partial charge < -0.3 is 5.73 Å². The monoisotopic (exact) mass is 189 g/mol. The van der Waals surface area contributed by atoms with E-state index >= 15 is 0 Å². The maximum Gasteiger partial charge on any atom is 0.200 e. The van der Waals surface area contributed by atoms with Gasteiger partial charge in [0.15, 0.2) is 5.78 Å². The fourth-order valence-electron chi connectivity index (χ4n) is 1.37. The average molecular weight is 189 g/mol. The first-order chi connectivity index (χ1) is 6.70. The number of fused-ring (bicyclic) bond motifs is 1. The molecule has 0 bridgehead atoms. The van der Waals surface area contributed by atoms with Crippen molar-refractivity contribution in [3.05, 3.63) is 30.0 Å². The number of aromatic nitrogens is 2. The number of carbonyl (C=O) groups excluding carboxylic acids is 1. The molecular weight excluding hydrogens is 178 g/mol. The van der Waals surface area contributed by atoms with E-state index in [-0.39, 0.29) is 5.78 Å². The zero-order valence-corrected chi connectivity index (χ0v) is 7.82. The number of para-hydroxylation sites is 1. The molecule has 1 aromatic carbocycles. The predicted octanol–water partition coefficient (Wildman–Crippen LogP) is 1.09. The van der Waals surface area contributed by atoms with Crippen LogP contribution < -0.4 is 5.73 Å². The molecule has 2 rings (SSSR count). The maximum atomic E-state index is 11.6. The topological polar surface area (TPSA) is 71.8 Å². The molecule has 4 nitrogen and oxygen atoms in total. The summed E-state index contributed by atoms with van der Waals surface area (Å²) in [6.07, 6.45) is 0. The van der Waals surface area contributed by atoms with E-state index in [4.69, 9.17) is 5.73 Å². The highest BCUT2D eigenvalue weighted by Crippen LogP contribution is 2.15. The second-order valence-electron chi connectivity index (χ2n) is 3.27. The van der Waals surface area contributed by atoms with Crippen LogP contribution in [-0.4, -0.2) is 22.0 Å². The minimum Gasteiger partial charge on any atom is -0.321 e. The van der Waals surface area contributed by atoms with Crippen LogP contribution in [0.5, 0.6) is 0 Å². The van der Waals surface area contributed by atoms with Crippen molar-refractivity contribution in [3.8, 4) is 0 Å². The van der Waals surface area contributed by atoms with Gasteiger partial charge in [0.1, 0.15) is 5.69 Å². The van der Waals surface area contributed by atoms with Crippen LogP contribution in [0.15, 0.2) is 24.3 Å². The standard InChI is InChI=1S/C10H11N3O/c1-6(11)10(14)9-7-4-2-3-5-8(7)12-13-9/h2-6H,11H2,1H3,(H,12,13). The predicted molar refractivity (Wildman–Crippen MR) is 54.1 cm³/mol. The number of hydrogen-bond acceptors (Lipinski definition) is 3. The average Bonchev–Trinajstić information content (AvgIpc) is 2.60. The van der Waals surface area contributed by atoms with Crippen molar-refractivity contribution in [1.82, 2.24) is 10.2 Å². The summed E-state index contributed by atoms with van der Waals surface area (Å²) in [5.74, 6) is -0.137. The molecule has 0 aliphatic rings. The fourth-order valence-corrected chi connectivity index (χ4v) is 1.37. The van der Waals surface area contributed by atoms with Crippen molar-refractivity contribution in [2.24, 2.45) is 5.73 Å². The summed E-state index contributed by atoms with van der Waals surface area (Å²) < 4.78 is 0. The smallest absolute Gasteiger partial charge is 0.200 e. The van der Waals surface area contributed by atoms with Crippen LogP contribution in [0.3, 0.4) is 0 Å². The van der Waals surface area contributed by atoms with Crippen molar-refractivity contribution < 1.29 is 4.79 Å². The minimum absolute atomic E-state index is 0.137. The van der Waals surface area contributed by atoms with E-state index in [1.165, 1.54) is 0 Å². The Labute approximate surface area is 81.1 Å². The number of benzene rings is 1. The van der Waals surface area contributed by atoms with Gasteiger partial charge in [-0.05, 0) is 13.0 Å². The Morgan fingerprint density at radius 2 is 2.21 bits per heavy atom. The Kier molecular flexibility index (Phi) is 2.05. The molecule has 0 aliphatic carbocycles. The second-order valence-corrected chi connectivity index (χ2v) is 3.27. The SMILES string of the molecule is CC(N)C(=O)c1n[nH]c2ccccc12. The Morgan fingerprint density at radius 1 is 1.50 bits per heavy atom. The largest absolute Gasteiger partial charge is 0.321 e. The van der Waals surface area contributed by atoms with Crippen LogP contribution in [0.25, 0.3) is 10.9 Å². The van der Waals surface area contributed by atoms with E-state index < -0.39 is 6.04 Å². The van der Waals surface area contributed by atoms with E-state index in [1.807, 2.05) is 24.3 Å². The minimum atomic E-state index is -0.512. The van der Waals surface area contributed by atoms with Crippen LogP contribution in [0.1, 0.15) is 17.4 Å². The molecule has 3 N–H and O–H groups in total. The van der Waals surface area contributed by atoms with Crippen LogP contribution in [0.2, 0.25) is 0 Å². The molecule has 1 unspecified atom stereocenters. The van der Waals surface area contributed by atoms with Crippen molar-refractivity contribution in [3.63, 3.8) is 0 Å². The zero-order chi connectivity index (χ0) is 10.1. The van der Waals surface area contributed by atoms with Crippen molar-refractivity contribution in [2.75, 3.05) is 0 Å². The first kappa shape index (κ1) is 8.90. The molecule has 0 saturated carbocycles. The number of nitrogens with zero attached hydrogens (tertiary/aromatic N) is 1. The molecule has 1 heterocycles. The van der Waals surface area contributed by atoms with E-state index in [1.54, 1.807) is 6.92 Å². The molecule has 0 fully saturated rings. The molecule has 14 heavy (non-hydrogen) atoms. The highest BCUT2D eigenvalue weighted by atomic mass is 16.1. The Hall–Kier alpha value is -1.68. The summed E-state index contributed by atoms with van der Waals surface area (Å²) in [4.78, 5) is 11.6. The summed E-state index contributed by atoms with van der Waals surface area (Å²) in [7, 11) is 0. The molecule has 0 amide bonds. The molecule has 4 heteroatoms. The Balaban J connectivity index is 2.58. The third kappa shape index (κ3) is 1.29. The highest BCUT2D eigenvalue weighted by molar-refractivity contribution is 6.08. The number of Topliss-reactive ketones (excluding diaryl/α,β-unsaturated/α-hetero) is 1. The number of nitrogens with two attached hydrogens (primary N) is 1. The molecule has 1 aromatic heterocycles. The van der Waals surface area contributed by atoms with Gasteiger partial charge in [0.25, 0.3) is 0 Å². The van der Waals surface area contributed by atoms with Gasteiger partial charge in [0, 0.05) is 5.39 Å². The van der Waals surface area contributed by atoms with Gasteiger partial charge in [-0.15, -0.1) is 0 Å². The molecule has 0 spiro atoms. The molecule has 0 saturated heterocycles. The highest BCUT2D eigenvalue weighted by Gasteiger charge is 2.16. The molecule has 1 atom stereocenters. The van der Waals surface area contributed by atoms with Gasteiger partial charge >= 0.3 is 0 Å². The van der Waals surface area contributed by atoms with Crippen molar-refractivity contribution in [2.45, 2.75) is 13.0 Å². The quantitative estimate of drug-likeness (QED) is 0.695. The molecule has 0 aliphatic heterocycles. The first-order valence-electron chi connectivity index (χ1n) is 4.43. The molecule has 0 radical (unpaired) electrons. The number of hydrogen-bond donors (Lipinski definition) is 2. The lowest BCUT2D eigenvalue weighted by atomic mass is 10.1. The van der Waals surface area contributed by atoms with Crippen LogP contribution in [-0.2, 0) is 0 Å². The number of rotatable bonds is 2. The molecule has 2 aromatic rings. The normalized spacial score (nSPS) is 13.0. The van der Waals surface area contributed by atoms with Crippen molar-refractivity contribution >= 4 is 16.7 Å². The lowest BCUT2D eigenvalue weighted by molar-refractivity contribution is 0.0964. The van der Waals surface area contributed by atoms with Crippen LogP contribution in [0.4, 0.5) is 0 Å². The molecule has 72 valence electrons. The summed E-state index contributed by atoms with van der Waals surface area (Å²) >= 11 is 0. The maximum absolute atomic E-state index is 11.6. The number of aromatic amines is 1. The summed E-state index contributed by atoms with van der Waals surface area (Å²) in [5.41, 5.74) is 6.80. The third-order valence-electron chi connectivity index (χ3n) is 2.12. The van der Waals surface area contributed by atoms with E-state index in [0.29, 0.717) is 5.69 Å². The summed E-state index contributed by atoms with van der Waals surface area (Å²) in [6.45, 7) is 1.66. The summed E-state index contributed by atoms with van der Waals surface area (Å²) in [6, 6.07) is 6.98. The molecular formula is C10H11N3O. The van der Waals surface area contributed by atoms with Gasteiger partial charge in [-0.1, -0.05) is 18.2 Å². The zero-order valence-electron chi connectivity index (χ0n) is 7.82. The Morgan fingerprint density at radius 3 is 2.93 bits per heavy atom. The van der Waals surface area contributed by atoms with Gasteiger partial charge in [-0.3, -0.25) is 9.89 Å².